The van der Waals surface area contributed by atoms with Crippen LogP contribution >= 0.6 is 0 Å². The molecule has 0 fully saturated rings. The molecule has 0 amide bonds. The van der Waals surface area contributed by atoms with Gasteiger partial charge < -0.3 is 4.74 Å². The van der Waals surface area contributed by atoms with Crippen LogP contribution in [0, 0.1) is 0 Å². The van der Waals surface area contributed by atoms with Crippen molar-refractivity contribution in [3.63, 3.8) is 0 Å². The van der Waals surface area contributed by atoms with E-state index in [0.717, 1.165) is 0 Å². The Kier molecular flexibility index (Phi) is 4.95. The molecule has 112 valence electrons. The predicted molar refractivity (Wildman–Crippen MR) is 79.5 cm³/mol. The maximum atomic E-state index is 11.9. The van der Waals surface area contributed by atoms with Gasteiger partial charge in [-0.15, -0.1) is 0 Å². The third-order valence-electron chi connectivity index (χ3n) is 2.51. The van der Waals surface area contributed by atoms with Crippen molar-refractivity contribution in [2.45, 2.75) is 24.8 Å². The topological polar surface area (TPSA) is 64.6 Å². The first kappa shape index (κ1) is 15.5. The van der Waals surface area contributed by atoms with E-state index in [1.54, 1.807) is 26.0 Å². The minimum absolute atomic E-state index is 0.114. The first-order chi connectivity index (χ1) is 9.97. The molecule has 6 heteroatoms. The minimum Gasteiger partial charge on any atom is -0.457 e. The van der Waals surface area contributed by atoms with Gasteiger partial charge in [-0.3, -0.25) is 4.84 Å². The third-order valence-corrected chi connectivity index (χ3v) is 3.71. The van der Waals surface area contributed by atoms with Crippen molar-refractivity contribution < 1.29 is 18.0 Å². The SMILES string of the molecule is CC(C)ONS(=O)(=O)c1ccc(Oc2ccccc2)cc1. The van der Waals surface area contributed by atoms with Crippen LogP contribution in [0.1, 0.15) is 13.8 Å². The summed E-state index contributed by atoms with van der Waals surface area (Å²) in [7, 11) is -3.67. The molecule has 2 aromatic carbocycles. The molecule has 2 aromatic rings. The van der Waals surface area contributed by atoms with Crippen LogP contribution in [0.15, 0.2) is 59.5 Å². The number of ether oxygens (including phenoxy) is 1. The van der Waals surface area contributed by atoms with Crippen LogP contribution in [0.25, 0.3) is 0 Å². The van der Waals surface area contributed by atoms with Crippen LogP contribution < -0.4 is 9.62 Å². The smallest absolute Gasteiger partial charge is 0.262 e. The summed E-state index contributed by atoms with van der Waals surface area (Å²) in [5.74, 6) is 1.25. The molecule has 0 aliphatic rings. The Hall–Kier alpha value is -1.89. The first-order valence-corrected chi connectivity index (χ1v) is 7.96. The Morgan fingerprint density at radius 3 is 2.05 bits per heavy atom. The van der Waals surface area contributed by atoms with Crippen molar-refractivity contribution in [2.75, 3.05) is 0 Å². The van der Waals surface area contributed by atoms with Gasteiger partial charge in [0.2, 0.25) is 0 Å². The predicted octanol–water partition coefficient (Wildman–Crippen LogP) is 3.10. The summed E-state index contributed by atoms with van der Waals surface area (Å²) in [5, 5.41) is 0. The maximum absolute atomic E-state index is 11.9. The molecule has 0 saturated carbocycles. The van der Waals surface area contributed by atoms with Gasteiger partial charge in [-0.2, -0.15) is 0 Å². The van der Waals surface area contributed by atoms with Crippen molar-refractivity contribution in [1.82, 2.24) is 4.89 Å². The van der Waals surface area contributed by atoms with Crippen LogP contribution in [-0.2, 0) is 14.9 Å². The fraction of sp³-hybridized carbons (Fsp3) is 0.200. The average Bonchev–Trinajstić information content (AvgIpc) is 2.47. The molecule has 0 bridgehead atoms. The number of sulfonamides is 1. The molecule has 0 spiro atoms. The molecule has 0 radical (unpaired) electrons. The summed E-state index contributed by atoms with van der Waals surface area (Å²) < 4.78 is 29.5. The van der Waals surface area contributed by atoms with Gasteiger partial charge in [0.25, 0.3) is 10.0 Å². The highest BCUT2D eigenvalue weighted by Crippen LogP contribution is 2.22. The summed E-state index contributed by atoms with van der Waals surface area (Å²) in [6.07, 6.45) is -0.236. The largest absolute Gasteiger partial charge is 0.457 e. The number of rotatable bonds is 6. The molecule has 1 N–H and O–H groups in total. The number of hydrogen-bond acceptors (Lipinski definition) is 4. The number of hydrogen-bond donors (Lipinski definition) is 1. The fourth-order valence-corrected chi connectivity index (χ4v) is 2.43. The number of para-hydroxylation sites is 1. The van der Waals surface area contributed by atoms with E-state index < -0.39 is 10.0 Å². The molecule has 0 heterocycles. The molecule has 0 unspecified atom stereocenters. The van der Waals surface area contributed by atoms with Gasteiger partial charge in [-0.1, -0.05) is 23.1 Å². The van der Waals surface area contributed by atoms with Gasteiger partial charge in [0.05, 0.1) is 11.0 Å². The standard InChI is InChI=1S/C15H17NO4S/c1-12(2)20-16-21(17,18)15-10-8-14(9-11-15)19-13-6-4-3-5-7-13/h3-12,16H,1-2H3. The van der Waals surface area contributed by atoms with Gasteiger partial charge in [-0.05, 0) is 50.2 Å². The molecule has 2 rings (SSSR count). The van der Waals surface area contributed by atoms with Crippen molar-refractivity contribution in [3.05, 3.63) is 54.6 Å². The van der Waals surface area contributed by atoms with Gasteiger partial charge in [-0.25, -0.2) is 8.42 Å². The number of benzene rings is 2. The van der Waals surface area contributed by atoms with Crippen molar-refractivity contribution in [1.29, 1.82) is 0 Å². The summed E-state index contributed by atoms with van der Waals surface area (Å²) in [5.41, 5.74) is 0. The third kappa shape index (κ3) is 4.56. The quantitative estimate of drug-likeness (QED) is 0.833. The fourth-order valence-electron chi connectivity index (χ4n) is 1.52. The Labute approximate surface area is 124 Å². The molecule has 0 atom stereocenters. The van der Waals surface area contributed by atoms with Crippen molar-refractivity contribution in [3.8, 4) is 11.5 Å². The molecule has 0 aliphatic heterocycles. The summed E-state index contributed by atoms with van der Waals surface area (Å²) in [6.45, 7) is 3.47. The Balaban J connectivity index is 2.08. The van der Waals surface area contributed by atoms with Crippen molar-refractivity contribution >= 4 is 10.0 Å². The highest BCUT2D eigenvalue weighted by atomic mass is 32.2. The van der Waals surface area contributed by atoms with E-state index in [-0.39, 0.29) is 11.0 Å². The molecular weight excluding hydrogens is 290 g/mol. The summed E-state index contributed by atoms with van der Waals surface area (Å²) in [6, 6.07) is 15.4. The normalized spacial score (nSPS) is 11.6. The highest BCUT2D eigenvalue weighted by molar-refractivity contribution is 7.89. The molecular formula is C15H17NO4S. The van der Waals surface area contributed by atoms with E-state index in [4.69, 9.17) is 9.57 Å². The van der Waals surface area contributed by atoms with Gasteiger partial charge in [0, 0.05) is 0 Å². The second-order valence-corrected chi connectivity index (χ2v) is 6.28. The zero-order valence-electron chi connectivity index (χ0n) is 11.8. The van der Waals surface area contributed by atoms with Crippen LogP contribution in [0.4, 0.5) is 0 Å². The minimum atomic E-state index is -3.67. The second kappa shape index (κ2) is 6.71. The molecule has 0 saturated heterocycles. The Morgan fingerprint density at radius 2 is 1.48 bits per heavy atom. The van der Waals surface area contributed by atoms with E-state index in [0.29, 0.717) is 11.5 Å². The monoisotopic (exact) mass is 307 g/mol. The lowest BCUT2D eigenvalue weighted by atomic mass is 10.3. The lowest BCUT2D eigenvalue weighted by molar-refractivity contribution is 0.0409. The van der Waals surface area contributed by atoms with Gasteiger partial charge in [0.15, 0.2) is 0 Å². The maximum Gasteiger partial charge on any atom is 0.262 e. The van der Waals surface area contributed by atoms with Crippen LogP contribution in [-0.4, -0.2) is 14.5 Å². The highest BCUT2D eigenvalue weighted by Gasteiger charge is 2.14. The molecule has 5 nitrogen and oxygen atoms in total. The summed E-state index contributed by atoms with van der Waals surface area (Å²) >= 11 is 0. The molecule has 0 aliphatic carbocycles. The zero-order chi connectivity index (χ0) is 15.3. The van der Waals surface area contributed by atoms with Crippen LogP contribution in [0.5, 0.6) is 11.5 Å². The lowest BCUT2D eigenvalue weighted by Crippen LogP contribution is -2.27. The molecule has 0 aromatic heterocycles. The van der Waals surface area contributed by atoms with E-state index in [2.05, 4.69) is 4.89 Å². The first-order valence-electron chi connectivity index (χ1n) is 6.48. The Bertz CT molecular complexity index is 667. The number of nitrogens with one attached hydrogen (secondary N) is 1. The average molecular weight is 307 g/mol. The summed E-state index contributed by atoms with van der Waals surface area (Å²) in [4.78, 5) is 7.11. The van der Waals surface area contributed by atoms with E-state index in [9.17, 15) is 8.42 Å². The van der Waals surface area contributed by atoms with Crippen molar-refractivity contribution in [2.24, 2.45) is 0 Å². The second-order valence-electron chi connectivity index (χ2n) is 4.64. The zero-order valence-corrected chi connectivity index (χ0v) is 12.6. The Morgan fingerprint density at radius 1 is 0.905 bits per heavy atom. The van der Waals surface area contributed by atoms with Crippen LogP contribution in [0.3, 0.4) is 0 Å². The van der Waals surface area contributed by atoms with E-state index in [1.807, 2.05) is 30.3 Å². The van der Waals surface area contributed by atoms with Crippen LogP contribution in [0.2, 0.25) is 0 Å². The van der Waals surface area contributed by atoms with E-state index >= 15 is 0 Å². The van der Waals surface area contributed by atoms with E-state index in [1.165, 1.54) is 12.1 Å². The van der Waals surface area contributed by atoms with Gasteiger partial charge in [0.1, 0.15) is 11.5 Å². The van der Waals surface area contributed by atoms with Gasteiger partial charge >= 0.3 is 0 Å². The molecule has 21 heavy (non-hydrogen) atoms. The lowest BCUT2D eigenvalue weighted by Gasteiger charge is -2.10.